The molecule has 10 heteroatoms. The molecule has 1 aromatic rings. The molecule has 3 aliphatic heterocycles. The molecule has 1 aromatic carbocycles. The maximum absolute atomic E-state index is 12.6. The average molecular weight is 514 g/mol. The molecule has 0 radical (unpaired) electrons. The van der Waals surface area contributed by atoms with Crippen molar-refractivity contribution < 1.29 is 23.9 Å². The summed E-state index contributed by atoms with van der Waals surface area (Å²) in [4.78, 5) is 54.7. The summed E-state index contributed by atoms with van der Waals surface area (Å²) in [6.45, 7) is 12.0. The number of nitrogens with zero attached hydrogens (tertiary/aromatic N) is 3. The third-order valence-electron chi connectivity index (χ3n) is 7.19. The quantitative estimate of drug-likeness (QED) is 0.579. The van der Waals surface area contributed by atoms with Crippen LogP contribution in [0.3, 0.4) is 0 Å². The summed E-state index contributed by atoms with van der Waals surface area (Å²) in [5.41, 5.74) is 1.10. The van der Waals surface area contributed by atoms with Gasteiger partial charge in [-0.15, -0.1) is 0 Å². The van der Waals surface area contributed by atoms with Crippen LogP contribution >= 0.6 is 0 Å². The zero-order chi connectivity index (χ0) is 26.6. The van der Waals surface area contributed by atoms with Crippen molar-refractivity contribution in [2.45, 2.75) is 58.1 Å². The highest BCUT2D eigenvalue weighted by Gasteiger charge is 2.30. The van der Waals surface area contributed by atoms with Gasteiger partial charge in [0.25, 0.3) is 5.91 Å². The van der Waals surface area contributed by atoms with Crippen LogP contribution in [0.2, 0.25) is 0 Å². The van der Waals surface area contributed by atoms with Crippen molar-refractivity contribution in [3.05, 3.63) is 29.8 Å². The summed E-state index contributed by atoms with van der Waals surface area (Å²) < 4.78 is 5.50. The summed E-state index contributed by atoms with van der Waals surface area (Å²) in [6.07, 6.45) is 2.34. The molecule has 4 rings (SSSR count). The number of nitrogens with one attached hydrogen (secondary N) is 2. The van der Waals surface area contributed by atoms with Crippen molar-refractivity contribution in [1.29, 1.82) is 0 Å². The van der Waals surface area contributed by atoms with Crippen LogP contribution in [0.5, 0.6) is 0 Å². The van der Waals surface area contributed by atoms with E-state index in [9.17, 15) is 19.2 Å². The highest BCUT2D eigenvalue weighted by molar-refractivity contribution is 6.03. The molecule has 1 atom stereocenters. The van der Waals surface area contributed by atoms with Crippen LogP contribution in [0, 0.1) is 5.92 Å². The van der Waals surface area contributed by atoms with Crippen molar-refractivity contribution in [2.75, 3.05) is 50.7 Å². The van der Waals surface area contributed by atoms with Gasteiger partial charge >= 0.3 is 6.09 Å². The molecule has 0 saturated carbocycles. The van der Waals surface area contributed by atoms with E-state index >= 15 is 0 Å². The topological polar surface area (TPSA) is 111 Å². The molecule has 0 aliphatic carbocycles. The van der Waals surface area contributed by atoms with Crippen molar-refractivity contribution >= 4 is 29.5 Å². The van der Waals surface area contributed by atoms with E-state index in [0.717, 1.165) is 64.3 Å². The van der Waals surface area contributed by atoms with Crippen molar-refractivity contribution in [1.82, 2.24) is 20.4 Å². The molecular weight excluding hydrogens is 474 g/mol. The molecule has 0 aromatic heterocycles. The zero-order valence-corrected chi connectivity index (χ0v) is 22.1. The highest BCUT2D eigenvalue weighted by atomic mass is 16.6. The minimum Gasteiger partial charge on any atom is -0.444 e. The van der Waals surface area contributed by atoms with Crippen LogP contribution in [-0.4, -0.2) is 91.1 Å². The minimum absolute atomic E-state index is 0.209. The van der Waals surface area contributed by atoms with Crippen LogP contribution < -0.4 is 15.5 Å². The molecule has 0 spiro atoms. The summed E-state index contributed by atoms with van der Waals surface area (Å²) in [5.74, 6) is -0.479. The number of rotatable bonds is 5. The van der Waals surface area contributed by atoms with E-state index in [0.29, 0.717) is 17.9 Å². The third kappa shape index (κ3) is 7.44. The van der Waals surface area contributed by atoms with Gasteiger partial charge in [-0.3, -0.25) is 24.6 Å². The Morgan fingerprint density at radius 1 is 0.973 bits per heavy atom. The van der Waals surface area contributed by atoms with Crippen molar-refractivity contribution in [3.63, 3.8) is 0 Å². The fourth-order valence-electron chi connectivity index (χ4n) is 5.07. The van der Waals surface area contributed by atoms with E-state index in [1.165, 1.54) is 0 Å². The second-order valence-electron chi connectivity index (χ2n) is 11.2. The first-order valence-electron chi connectivity index (χ1n) is 13.3. The van der Waals surface area contributed by atoms with E-state index in [1.807, 2.05) is 37.8 Å². The average Bonchev–Trinajstić information content (AvgIpc) is 2.86. The van der Waals surface area contributed by atoms with E-state index in [2.05, 4.69) is 20.4 Å². The SMILES string of the molecule is CC(C)(C)OC(=O)N1CCC(CN2CCN(c3ccc(C(=O)NC4CCC(=O)NC4=O)cc3)CC2)CC1. The van der Waals surface area contributed by atoms with Crippen molar-refractivity contribution in [2.24, 2.45) is 5.92 Å². The number of likely N-dealkylation sites (tertiary alicyclic amines) is 1. The number of ether oxygens (including phenoxy) is 1. The van der Waals surface area contributed by atoms with Crippen LogP contribution in [0.15, 0.2) is 24.3 Å². The number of carbonyl (C=O) groups excluding carboxylic acids is 4. The van der Waals surface area contributed by atoms with Crippen LogP contribution in [0.1, 0.15) is 56.8 Å². The Morgan fingerprint density at radius 3 is 2.22 bits per heavy atom. The van der Waals surface area contributed by atoms with Crippen LogP contribution in [-0.2, 0) is 14.3 Å². The largest absolute Gasteiger partial charge is 0.444 e. The van der Waals surface area contributed by atoms with Gasteiger partial charge in [0.2, 0.25) is 11.8 Å². The van der Waals surface area contributed by atoms with E-state index in [1.54, 1.807) is 12.1 Å². The van der Waals surface area contributed by atoms with Gasteiger partial charge in [-0.1, -0.05) is 0 Å². The molecule has 202 valence electrons. The number of piperidine rings is 2. The number of hydrogen-bond donors (Lipinski definition) is 2. The first-order chi connectivity index (χ1) is 17.6. The van der Waals surface area contributed by atoms with Crippen LogP contribution in [0.4, 0.5) is 10.5 Å². The number of imide groups is 1. The summed E-state index contributed by atoms with van der Waals surface area (Å²) in [6, 6.07) is 6.77. The first kappa shape index (κ1) is 26.9. The molecule has 3 saturated heterocycles. The summed E-state index contributed by atoms with van der Waals surface area (Å²) in [5, 5.41) is 4.97. The molecule has 1 unspecified atom stereocenters. The molecule has 10 nitrogen and oxygen atoms in total. The molecular formula is C27H39N5O5. The maximum atomic E-state index is 12.6. The number of anilines is 1. The fraction of sp³-hybridized carbons (Fsp3) is 0.630. The maximum Gasteiger partial charge on any atom is 0.410 e. The lowest BCUT2D eigenvalue weighted by atomic mass is 9.96. The Labute approximate surface area is 218 Å². The summed E-state index contributed by atoms with van der Waals surface area (Å²) >= 11 is 0. The van der Waals surface area contributed by atoms with Gasteiger partial charge in [0, 0.05) is 63.5 Å². The Morgan fingerprint density at radius 2 is 1.62 bits per heavy atom. The van der Waals surface area contributed by atoms with Gasteiger partial charge < -0.3 is 19.9 Å². The second-order valence-corrected chi connectivity index (χ2v) is 11.2. The summed E-state index contributed by atoms with van der Waals surface area (Å²) in [7, 11) is 0. The van der Waals surface area contributed by atoms with Gasteiger partial charge in [0.15, 0.2) is 0 Å². The Bertz CT molecular complexity index is 989. The number of carbonyl (C=O) groups is 4. The Kier molecular flexibility index (Phi) is 8.36. The first-order valence-corrected chi connectivity index (χ1v) is 13.3. The van der Waals surface area contributed by atoms with E-state index in [4.69, 9.17) is 4.74 Å². The third-order valence-corrected chi connectivity index (χ3v) is 7.19. The fourth-order valence-corrected chi connectivity index (χ4v) is 5.07. The van der Waals surface area contributed by atoms with E-state index < -0.39 is 17.6 Å². The van der Waals surface area contributed by atoms with Gasteiger partial charge in [-0.2, -0.15) is 0 Å². The Hall–Kier alpha value is -3.14. The number of amides is 4. The molecule has 2 N–H and O–H groups in total. The number of benzene rings is 1. The molecule has 0 bridgehead atoms. The normalized spacial score (nSPS) is 22.0. The number of piperazine rings is 1. The lowest BCUT2D eigenvalue weighted by molar-refractivity contribution is -0.134. The Balaban J connectivity index is 1.19. The van der Waals surface area contributed by atoms with E-state index in [-0.39, 0.29) is 24.3 Å². The zero-order valence-electron chi connectivity index (χ0n) is 22.1. The number of hydrogen-bond acceptors (Lipinski definition) is 7. The lowest BCUT2D eigenvalue weighted by Gasteiger charge is -2.39. The molecule has 3 aliphatic rings. The van der Waals surface area contributed by atoms with Crippen LogP contribution in [0.25, 0.3) is 0 Å². The highest BCUT2D eigenvalue weighted by Crippen LogP contribution is 2.23. The smallest absolute Gasteiger partial charge is 0.410 e. The van der Waals surface area contributed by atoms with Gasteiger partial charge in [-0.25, -0.2) is 4.79 Å². The molecule has 4 amide bonds. The predicted octanol–water partition coefficient (Wildman–Crippen LogP) is 1.99. The van der Waals surface area contributed by atoms with Crippen molar-refractivity contribution in [3.8, 4) is 0 Å². The molecule has 37 heavy (non-hydrogen) atoms. The second kappa shape index (κ2) is 11.5. The predicted molar refractivity (Wildman–Crippen MR) is 139 cm³/mol. The van der Waals surface area contributed by atoms with Gasteiger partial charge in [0.1, 0.15) is 11.6 Å². The standard InChI is InChI=1S/C27H39N5O5/c1-27(2,3)37-26(36)32-12-10-19(11-13-32)18-30-14-16-31(17-15-30)21-6-4-20(5-7-21)24(34)28-22-8-9-23(33)29-25(22)35/h4-7,19,22H,8-18H2,1-3H3,(H,28,34)(H,29,33,35). The minimum atomic E-state index is -0.678. The van der Waals surface area contributed by atoms with Gasteiger partial charge in [0.05, 0.1) is 0 Å². The molecule has 3 fully saturated rings. The van der Waals surface area contributed by atoms with Gasteiger partial charge in [-0.05, 0) is 70.2 Å². The lowest BCUT2D eigenvalue weighted by Crippen LogP contribution is -2.52. The monoisotopic (exact) mass is 513 g/mol. The molecule has 3 heterocycles.